The summed E-state index contributed by atoms with van der Waals surface area (Å²) in [6, 6.07) is 9.78. The average Bonchev–Trinajstić information content (AvgIpc) is 2.66. The number of hydrogen-bond donors (Lipinski definition) is 2. The maximum Gasteiger partial charge on any atom is 0.242 e. The number of amides is 2. The van der Waals surface area contributed by atoms with Crippen LogP contribution in [0.15, 0.2) is 30.3 Å². The second kappa shape index (κ2) is 9.53. The molecule has 0 saturated carbocycles. The summed E-state index contributed by atoms with van der Waals surface area (Å²) in [6.45, 7) is 7.96. The van der Waals surface area contributed by atoms with Gasteiger partial charge in [0.05, 0.1) is 12.6 Å². The summed E-state index contributed by atoms with van der Waals surface area (Å²) in [5.74, 6) is -0.175. The molecule has 2 unspecified atom stereocenters. The zero-order chi connectivity index (χ0) is 18.2. The number of nitrogens with two attached hydrogens (primary N) is 1. The van der Waals surface area contributed by atoms with Gasteiger partial charge in [-0.3, -0.25) is 14.5 Å². The molecule has 3 N–H and O–H groups in total. The smallest absolute Gasteiger partial charge is 0.242 e. The van der Waals surface area contributed by atoms with E-state index in [0.717, 1.165) is 26.1 Å². The topological polar surface area (TPSA) is 78.7 Å². The maximum absolute atomic E-state index is 12.3. The van der Waals surface area contributed by atoms with Gasteiger partial charge in [-0.15, -0.1) is 0 Å². The lowest BCUT2D eigenvalue weighted by atomic mass is 9.99. The predicted molar refractivity (Wildman–Crippen MR) is 98.7 cm³/mol. The fraction of sp³-hybridized carbons (Fsp3) is 0.579. The summed E-state index contributed by atoms with van der Waals surface area (Å²) in [5.41, 5.74) is 7.17. The average molecular weight is 346 g/mol. The summed E-state index contributed by atoms with van der Waals surface area (Å²) in [4.78, 5) is 28.4. The van der Waals surface area contributed by atoms with E-state index in [9.17, 15) is 9.59 Å². The standard InChI is InChI=1S/C19H30N4O2/c1-3-15(2)18(20)19(25)21-13-17(24)23-11-9-22(10-12-23)14-16-7-5-4-6-8-16/h4-8,15,18H,3,9-14,20H2,1-2H3,(H,21,25). The summed E-state index contributed by atoms with van der Waals surface area (Å²) in [6.07, 6.45) is 0.839. The van der Waals surface area contributed by atoms with Crippen LogP contribution in [0.3, 0.4) is 0 Å². The van der Waals surface area contributed by atoms with E-state index in [0.29, 0.717) is 13.1 Å². The van der Waals surface area contributed by atoms with Crippen molar-refractivity contribution >= 4 is 11.8 Å². The number of piperazine rings is 1. The second-order valence-corrected chi connectivity index (χ2v) is 6.77. The van der Waals surface area contributed by atoms with E-state index in [1.54, 1.807) is 0 Å². The number of hydrogen-bond acceptors (Lipinski definition) is 4. The van der Waals surface area contributed by atoms with Crippen molar-refractivity contribution in [2.24, 2.45) is 11.7 Å². The maximum atomic E-state index is 12.3. The van der Waals surface area contributed by atoms with Crippen LogP contribution in [0.1, 0.15) is 25.8 Å². The van der Waals surface area contributed by atoms with Gasteiger partial charge in [0.15, 0.2) is 0 Å². The largest absolute Gasteiger partial charge is 0.346 e. The van der Waals surface area contributed by atoms with E-state index in [4.69, 9.17) is 5.73 Å². The van der Waals surface area contributed by atoms with Crippen LogP contribution in [0.5, 0.6) is 0 Å². The molecule has 6 nitrogen and oxygen atoms in total. The molecule has 6 heteroatoms. The van der Waals surface area contributed by atoms with Crippen LogP contribution in [0.4, 0.5) is 0 Å². The van der Waals surface area contributed by atoms with Crippen LogP contribution >= 0.6 is 0 Å². The number of benzene rings is 1. The number of carbonyl (C=O) groups is 2. The Balaban J connectivity index is 1.71. The molecule has 0 aliphatic carbocycles. The van der Waals surface area contributed by atoms with Crippen LogP contribution < -0.4 is 11.1 Å². The summed E-state index contributed by atoms with van der Waals surface area (Å²) >= 11 is 0. The number of nitrogens with one attached hydrogen (secondary N) is 1. The van der Waals surface area contributed by atoms with Crippen LogP contribution in [0.25, 0.3) is 0 Å². The van der Waals surface area contributed by atoms with Gasteiger partial charge < -0.3 is 16.0 Å². The molecular weight excluding hydrogens is 316 g/mol. The van der Waals surface area contributed by atoms with Crippen LogP contribution in [0.2, 0.25) is 0 Å². The number of carbonyl (C=O) groups excluding carboxylic acids is 2. The van der Waals surface area contributed by atoms with E-state index < -0.39 is 6.04 Å². The Kier molecular flexibility index (Phi) is 7.40. The summed E-state index contributed by atoms with van der Waals surface area (Å²) in [5, 5.41) is 2.68. The van der Waals surface area contributed by atoms with E-state index in [2.05, 4.69) is 22.3 Å². The van der Waals surface area contributed by atoms with Crippen LogP contribution in [-0.4, -0.2) is 60.4 Å². The zero-order valence-electron chi connectivity index (χ0n) is 15.3. The molecule has 1 heterocycles. The Bertz CT molecular complexity index is 556. The Morgan fingerprint density at radius 3 is 2.40 bits per heavy atom. The first-order valence-corrected chi connectivity index (χ1v) is 9.08. The van der Waals surface area contributed by atoms with Gasteiger partial charge in [-0.2, -0.15) is 0 Å². The highest BCUT2D eigenvalue weighted by atomic mass is 16.2. The van der Waals surface area contributed by atoms with E-state index in [1.165, 1.54) is 5.56 Å². The highest BCUT2D eigenvalue weighted by Crippen LogP contribution is 2.09. The molecule has 0 radical (unpaired) electrons. The SMILES string of the molecule is CCC(C)C(N)C(=O)NCC(=O)N1CCN(Cc2ccccc2)CC1. The minimum Gasteiger partial charge on any atom is -0.346 e. The molecule has 1 aromatic carbocycles. The molecule has 138 valence electrons. The minimum absolute atomic E-state index is 0.0294. The lowest BCUT2D eigenvalue weighted by Gasteiger charge is -2.35. The van der Waals surface area contributed by atoms with Gasteiger partial charge >= 0.3 is 0 Å². The molecule has 25 heavy (non-hydrogen) atoms. The minimum atomic E-state index is -0.555. The first-order chi connectivity index (χ1) is 12.0. The lowest BCUT2D eigenvalue weighted by Crippen LogP contribution is -2.52. The second-order valence-electron chi connectivity index (χ2n) is 6.77. The van der Waals surface area contributed by atoms with Crippen molar-refractivity contribution in [1.29, 1.82) is 0 Å². The molecule has 0 bridgehead atoms. The molecular formula is C19H30N4O2. The number of rotatable bonds is 7. The molecule has 2 atom stereocenters. The third-order valence-corrected chi connectivity index (χ3v) is 4.95. The third-order valence-electron chi connectivity index (χ3n) is 4.95. The van der Waals surface area contributed by atoms with Crippen molar-refractivity contribution in [3.05, 3.63) is 35.9 Å². The molecule has 2 amide bonds. The Hall–Kier alpha value is -1.92. The van der Waals surface area contributed by atoms with Crippen LogP contribution in [0, 0.1) is 5.92 Å². The highest BCUT2D eigenvalue weighted by Gasteiger charge is 2.23. The van der Waals surface area contributed by atoms with Crippen molar-refractivity contribution in [2.45, 2.75) is 32.9 Å². The highest BCUT2D eigenvalue weighted by molar-refractivity contribution is 5.87. The molecule has 0 aromatic heterocycles. The van der Waals surface area contributed by atoms with Crippen molar-refractivity contribution < 1.29 is 9.59 Å². The Morgan fingerprint density at radius 1 is 1.16 bits per heavy atom. The lowest BCUT2D eigenvalue weighted by molar-refractivity contribution is -0.134. The predicted octanol–water partition coefficient (Wildman–Crippen LogP) is 0.820. The van der Waals surface area contributed by atoms with E-state index in [-0.39, 0.29) is 24.3 Å². The molecule has 1 fully saturated rings. The van der Waals surface area contributed by atoms with Gasteiger partial charge in [0.2, 0.25) is 11.8 Å². The van der Waals surface area contributed by atoms with Crippen molar-refractivity contribution in [1.82, 2.24) is 15.1 Å². The van der Waals surface area contributed by atoms with Gasteiger partial charge in [0, 0.05) is 32.7 Å². The van der Waals surface area contributed by atoms with Gasteiger partial charge in [0.1, 0.15) is 0 Å². The van der Waals surface area contributed by atoms with E-state index in [1.807, 2.05) is 36.9 Å². The van der Waals surface area contributed by atoms with Crippen molar-refractivity contribution in [3.63, 3.8) is 0 Å². The van der Waals surface area contributed by atoms with Crippen molar-refractivity contribution in [3.8, 4) is 0 Å². The molecule has 1 saturated heterocycles. The first kappa shape index (κ1) is 19.4. The summed E-state index contributed by atoms with van der Waals surface area (Å²) < 4.78 is 0. The fourth-order valence-corrected chi connectivity index (χ4v) is 2.90. The third kappa shape index (κ3) is 5.83. The molecule has 1 aliphatic heterocycles. The number of nitrogens with zero attached hydrogens (tertiary/aromatic N) is 2. The van der Waals surface area contributed by atoms with Gasteiger partial charge in [-0.05, 0) is 11.5 Å². The summed E-state index contributed by atoms with van der Waals surface area (Å²) in [7, 11) is 0. The van der Waals surface area contributed by atoms with E-state index >= 15 is 0 Å². The zero-order valence-corrected chi connectivity index (χ0v) is 15.3. The van der Waals surface area contributed by atoms with Gasteiger partial charge in [-0.25, -0.2) is 0 Å². The van der Waals surface area contributed by atoms with Crippen molar-refractivity contribution in [2.75, 3.05) is 32.7 Å². The first-order valence-electron chi connectivity index (χ1n) is 9.08. The molecule has 0 spiro atoms. The molecule has 1 aliphatic rings. The quantitative estimate of drug-likeness (QED) is 0.766. The molecule has 2 rings (SSSR count). The van der Waals surface area contributed by atoms with Gasteiger partial charge in [-0.1, -0.05) is 50.6 Å². The normalized spacial score (nSPS) is 17.8. The van der Waals surface area contributed by atoms with Crippen LogP contribution in [-0.2, 0) is 16.1 Å². The Labute approximate surface area is 150 Å². The Morgan fingerprint density at radius 2 is 1.80 bits per heavy atom. The fourth-order valence-electron chi connectivity index (χ4n) is 2.90. The molecule has 1 aromatic rings. The monoisotopic (exact) mass is 346 g/mol. The van der Waals surface area contributed by atoms with Gasteiger partial charge in [0.25, 0.3) is 0 Å².